The first-order valence-electron chi connectivity index (χ1n) is 11.4. The quantitative estimate of drug-likeness (QED) is 0.321. The molecule has 1 aromatic carbocycles. The number of fused-ring (bicyclic) bond motifs is 1. The molecule has 0 aliphatic carbocycles. The molecule has 5 rings (SSSR count). The second-order valence-corrected chi connectivity index (χ2v) is 8.30. The van der Waals surface area contributed by atoms with Gasteiger partial charge in [-0.15, -0.1) is 0 Å². The summed E-state index contributed by atoms with van der Waals surface area (Å²) in [5, 5.41) is 5.12. The number of ether oxygens (including phenoxy) is 2. The maximum absolute atomic E-state index is 15.3. The number of hydrogen-bond donors (Lipinski definition) is 1. The van der Waals surface area contributed by atoms with E-state index in [4.69, 9.17) is 20.3 Å². The lowest BCUT2D eigenvalue weighted by atomic mass is 10.1. The molecule has 36 heavy (non-hydrogen) atoms. The van der Waals surface area contributed by atoms with Gasteiger partial charge in [-0.05, 0) is 49.2 Å². The van der Waals surface area contributed by atoms with Crippen LogP contribution < -0.4 is 15.2 Å². The Labute approximate surface area is 206 Å². The number of amides is 1. The van der Waals surface area contributed by atoms with Crippen LogP contribution in [0.25, 0.3) is 22.3 Å². The minimum Gasteiger partial charge on any atom is -0.497 e. The van der Waals surface area contributed by atoms with Gasteiger partial charge in [-0.2, -0.15) is 14.5 Å². The number of carbonyl (C=O) groups excluding carboxylic acids is 1. The highest BCUT2D eigenvalue weighted by molar-refractivity contribution is 5.98. The second kappa shape index (κ2) is 9.61. The maximum Gasteiger partial charge on any atom is 0.246 e. The van der Waals surface area contributed by atoms with Gasteiger partial charge in [-0.3, -0.25) is 4.79 Å². The molecule has 1 aliphatic rings. The molecule has 4 heterocycles. The van der Waals surface area contributed by atoms with Gasteiger partial charge in [-0.1, -0.05) is 6.58 Å². The average Bonchev–Trinajstić information content (AvgIpc) is 3.29. The molecule has 1 fully saturated rings. The first kappa shape index (κ1) is 23.2. The number of methoxy groups -OCH3 is 1. The van der Waals surface area contributed by atoms with E-state index in [9.17, 15) is 4.79 Å². The van der Waals surface area contributed by atoms with Gasteiger partial charge < -0.3 is 20.1 Å². The fraction of sp³-hybridized carbons (Fsp3) is 0.240. The predicted molar refractivity (Wildman–Crippen MR) is 131 cm³/mol. The second-order valence-electron chi connectivity index (χ2n) is 8.30. The fourth-order valence-corrected chi connectivity index (χ4v) is 4.34. The summed E-state index contributed by atoms with van der Waals surface area (Å²) in [6, 6.07) is 9.79. The van der Waals surface area contributed by atoms with E-state index in [0.29, 0.717) is 35.6 Å². The lowest BCUT2D eigenvalue weighted by Gasteiger charge is -2.32. The molecule has 0 bridgehead atoms. The van der Waals surface area contributed by atoms with E-state index in [0.717, 1.165) is 12.8 Å². The van der Waals surface area contributed by atoms with Crippen LogP contribution in [0, 0.1) is 5.95 Å². The van der Waals surface area contributed by atoms with E-state index in [-0.39, 0.29) is 34.9 Å². The third-order valence-corrected chi connectivity index (χ3v) is 6.11. The van der Waals surface area contributed by atoms with E-state index < -0.39 is 5.95 Å². The van der Waals surface area contributed by atoms with Crippen molar-refractivity contribution < 1.29 is 18.7 Å². The highest BCUT2D eigenvalue weighted by atomic mass is 19.1. The number of piperidine rings is 1. The monoisotopic (exact) mass is 489 g/mol. The average molecular weight is 490 g/mol. The number of carbonyl (C=O) groups is 1. The van der Waals surface area contributed by atoms with Crippen LogP contribution in [0.3, 0.4) is 0 Å². The van der Waals surface area contributed by atoms with Gasteiger partial charge in [0.1, 0.15) is 29.3 Å². The number of nitrogens with two attached hydrogens (primary N) is 1. The highest BCUT2D eigenvalue weighted by Crippen LogP contribution is 2.35. The predicted octanol–water partition coefficient (Wildman–Crippen LogP) is 3.76. The number of hydrogen-bond acceptors (Lipinski definition) is 8. The molecule has 2 N–H and O–H groups in total. The molecule has 1 saturated heterocycles. The first-order valence-corrected chi connectivity index (χ1v) is 11.4. The number of likely N-dealkylation sites (tertiary alicyclic amines) is 1. The third kappa shape index (κ3) is 4.30. The van der Waals surface area contributed by atoms with Crippen molar-refractivity contribution in [1.29, 1.82) is 0 Å². The number of halogens is 1. The van der Waals surface area contributed by atoms with E-state index in [1.807, 2.05) is 0 Å². The molecule has 184 valence electrons. The Morgan fingerprint density at radius 2 is 1.97 bits per heavy atom. The van der Waals surface area contributed by atoms with Gasteiger partial charge >= 0.3 is 0 Å². The number of aromatic nitrogens is 5. The molecule has 0 spiro atoms. The van der Waals surface area contributed by atoms with Crippen molar-refractivity contribution in [3.63, 3.8) is 0 Å². The Balaban J connectivity index is 1.50. The summed E-state index contributed by atoms with van der Waals surface area (Å²) in [4.78, 5) is 26.3. The molecule has 1 atom stereocenters. The van der Waals surface area contributed by atoms with Crippen LogP contribution in [0.15, 0.2) is 55.4 Å². The van der Waals surface area contributed by atoms with E-state index in [1.165, 1.54) is 18.5 Å². The number of nitrogen functional groups attached to an aromatic ring is 1. The topological polar surface area (TPSA) is 121 Å². The minimum absolute atomic E-state index is 0.0836. The Hall–Kier alpha value is -4.54. The summed E-state index contributed by atoms with van der Waals surface area (Å²) in [6.07, 6.45) is 4.20. The van der Waals surface area contributed by atoms with Crippen LogP contribution in [0.4, 0.5) is 10.2 Å². The van der Waals surface area contributed by atoms with Crippen molar-refractivity contribution in [3.05, 3.63) is 61.3 Å². The molecule has 0 saturated carbocycles. The molecule has 1 amide bonds. The smallest absolute Gasteiger partial charge is 0.246 e. The summed E-state index contributed by atoms with van der Waals surface area (Å²) in [6.45, 7) is 4.64. The van der Waals surface area contributed by atoms with Crippen molar-refractivity contribution in [2.45, 2.75) is 18.9 Å². The van der Waals surface area contributed by atoms with Gasteiger partial charge in [0.15, 0.2) is 5.65 Å². The Morgan fingerprint density at radius 3 is 2.69 bits per heavy atom. The van der Waals surface area contributed by atoms with Crippen LogP contribution in [0.1, 0.15) is 18.9 Å². The highest BCUT2D eigenvalue weighted by Gasteiger charge is 2.29. The lowest BCUT2D eigenvalue weighted by Crippen LogP contribution is -2.40. The molecule has 3 aromatic heterocycles. The van der Waals surface area contributed by atoms with Crippen molar-refractivity contribution in [1.82, 2.24) is 29.6 Å². The Bertz CT molecular complexity index is 1440. The van der Waals surface area contributed by atoms with Crippen molar-refractivity contribution in [2.24, 2.45) is 0 Å². The first-order chi connectivity index (χ1) is 17.5. The van der Waals surface area contributed by atoms with Crippen LogP contribution in [-0.2, 0) is 4.79 Å². The summed E-state index contributed by atoms with van der Waals surface area (Å²) < 4.78 is 27.8. The molecule has 4 aromatic rings. The largest absolute Gasteiger partial charge is 0.497 e. The fourth-order valence-electron chi connectivity index (χ4n) is 4.34. The number of benzene rings is 1. The van der Waals surface area contributed by atoms with Crippen LogP contribution in [0.2, 0.25) is 0 Å². The van der Waals surface area contributed by atoms with Crippen LogP contribution in [-0.4, -0.2) is 55.7 Å². The lowest BCUT2D eigenvalue weighted by molar-refractivity contribution is -0.127. The zero-order valence-electron chi connectivity index (χ0n) is 19.6. The molecule has 1 unspecified atom stereocenters. The molecular formula is C25H24FN7O3. The summed E-state index contributed by atoms with van der Waals surface area (Å²) in [5.41, 5.74) is 7.06. The molecule has 1 aliphatic heterocycles. The number of rotatable bonds is 6. The molecule has 10 nitrogen and oxygen atoms in total. The standard InChI is InChI=1S/C25H24FN7O3/c1-3-20(34)32-12-4-5-15(13-32)33-25-21(24(27)28-14-29-25)22(31-33)18-10-11-19(30-23(18)26)36-17-8-6-16(35-2)7-9-17/h3,6-11,14-15H,1,4-5,12-13H2,2H3,(H2,27,28,29). The van der Waals surface area contributed by atoms with E-state index in [2.05, 4.69) is 21.5 Å². The van der Waals surface area contributed by atoms with Gasteiger partial charge in [-0.25, -0.2) is 14.6 Å². The van der Waals surface area contributed by atoms with Gasteiger partial charge in [0.2, 0.25) is 17.7 Å². The van der Waals surface area contributed by atoms with Crippen LogP contribution in [0.5, 0.6) is 17.4 Å². The van der Waals surface area contributed by atoms with E-state index >= 15 is 4.39 Å². The van der Waals surface area contributed by atoms with E-state index in [1.54, 1.807) is 47.0 Å². The van der Waals surface area contributed by atoms with Gasteiger partial charge in [0.05, 0.1) is 24.1 Å². The minimum atomic E-state index is -0.775. The van der Waals surface area contributed by atoms with Crippen molar-refractivity contribution >= 4 is 22.8 Å². The van der Waals surface area contributed by atoms with Crippen molar-refractivity contribution in [2.75, 3.05) is 25.9 Å². The number of nitrogens with zero attached hydrogens (tertiary/aromatic N) is 6. The normalized spacial score (nSPS) is 15.6. The zero-order chi connectivity index (χ0) is 25.2. The third-order valence-electron chi connectivity index (χ3n) is 6.11. The van der Waals surface area contributed by atoms with Gasteiger partial charge in [0, 0.05) is 19.2 Å². The summed E-state index contributed by atoms with van der Waals surface area (Å²) >= 11 is 0. The number of pyridine rings is 1. The maximum atomic E-state index is 15.3. The molecular weight excluding hydrogens is 465 g/mol. The number of anilines is 1. The Morgan fingerprint density at radius 1 is 1.19 bits per heavy atom. The SMILES string of the molecule is C=CC(=O)N1CCCC(n2nc(-c3ccc(Oc4ccc(OC)cc4)nc3F)c3c(N)ncnc32)C1. The molecule has 11 heteroatoms. The molecule has 0 radical (unpaired) electrons. The summed E-state index contributed by atoms with van der Waals surface area (Å²) in [7, 11) is 1.57. The van der Waals surface area contributed by atoms with Crippen LogP contribution >= 0.6 is 0 Å². The summed E-state index contributed by atoms with van der Waals surface area (Å²) in [5.74, 6) is 0.498. The zero-order valence-corrected chi connectivity index (χ0v) is 19.6. The van der Waals surface area contributed by atoms with Crippen molar-refractivity contribution in [3.8, 4) is 28.6 Å². The Kier molecular flexibility index (Phi) is 6.19. The van der Waals surface area contributed by atoms with Gasteiger partial charge in [0.25, 0.3) is 0 Å².